The summed E-state index contributed by atoms with van der Waals surface area (Å²) in [5, 5.41) is 2.84. The van der Waals surface area contributed by atoms with Crippen LogP contribution in [0, 0.1) is 4.64 Å². The van der Waals surface area contributed by atoms with Crippen molar-refractivity contribution in [2.75, 3.05) is 19.8 Å². The first kappa shape index (κ1) is 16.4. The summed E-state index contributed by atoms with van der Waals surface area (Å²) in [6, 6.07) is 13.7. The quantitative estimate of drug-likeness (QED) is 0.581. The monoisotopic (exact) mass is 316 g/mol. The molecule has 0 spiro atoms. The molecule has 0 aliphatic heterocycles. The van der Waals surface area contributed by atoms with E-state index in [-0.39, 0.29) is 5.91 Å². The Morgan fingerprint density at radius 3 is 2.73 bits per heavy atom. The number of rotatable bonds is 8. The number of amides is 1. The van der Waals surface area contributed by atoms with Crippen molar-refractivity contribution in [1.82, 2.24) is 10.3 Å². The topological polar surface area (TPSA) is 54.1 Å². The number of aromatic nitrogens is 1. The van der Waals surface area contributed by atoms with Gasteiger partial charge in [-0.05, 0) is 30.5 Å². The molecule has 116 valence electrons. The van der Waals surface area contributed by atoms with Crippen LogP contribution in [0.3, 0.4) is 0 Å². The smallest absolute Gasteiger partial charge is 0.254 e. The van der Waals surface area contributed by atoms with Crippen molar-refractivity contribution in [3.63, 3.8) is 0 Å². The van der Waals surface area contributed by atoms with Gasteiger partial charge in [0.15, 0.2) is 0 Å². The third kappa shape index (κ3) is 5.42. The molecule has 1 aromatic heterocycles. The number of nitrogens with one attached hydrogen (secondary N) is 2. The fourth-order valence-electron chi connectivity index (χ4n) is 2.01. The normalized spacial score (nSPS) is 10.4. The Balaban J connectivity index is 1.57. The molecule has 0 aliphatic rings. The molecule has 1 heterocycles. The first-order valence-electron chi connectivity index (χ1n) is 7.35. The summed E-state index contributed by atoms with van der Waals surface area (Å²) < 4.78 is 6.03. The lowest BCUT2D eigenvalue weighted by Gasteiger charge is -2.06. The third-order valence-electron chi connectivity index (χ3n) is 3.19. The average Bonchev–Trinajstić information content (AvgIpc) is 2.55. The van der Waals surface area contributed by atoms with Crippen molar-refractivity contribution in [1.29, 1.82) is 0 Å². The van der Waals surface area contributed by atoms with Gasteiger partial charge in [-0.3, -0.25) is 4.79 Å². The molecule has 0 unspecified atom stereocenters. The van der Waals surface area contributed by atoms with Gasteiger partial charge >= 0.3 is 0 Å². The van der Waals surface area contributed by atoms with Gasteiger partial charge < -0.3 is 15.0 Å². The van der Waals surface area contributed by atoms with E-state index >= 15 is 0 Å². The van der Waals surface area contributed by atoms with E-state index in [0.717, 1.165) is 12.8 Å². The van der Waals surface area contributed by atoms with Crippen molar-refractivity contribution in [2.45, 2.75) is 12.8 Å². The second kappa shape index (κ2) is 9.12. The zero-order valence-electron chi connectivity index (χ0n) is 12.4. The zero-order chi connectivity index (χ0) is 15.6. The van der Waals surface area contributed by atoms with Gasteiger partial charge in [0.2, 0.25) is 0 Å². The zero-order valence-corrected chi connectivity index (χ0v) is 13.2. The lowest BCUT2D eigenvalue weighted by atomic mass is 10.2. The number of carbonyl (C=O) groups is 1. The van der Waals surface area contributed by atoms with Crippen LogP contribution in [-0.4, -0.2) is 30.6 Å². The molecule has 0 atom stereocenters. The minimum atomic E-state index is -0.147. The van der Waals surface area contributed by atoms with E-state index in [0.29, 0.717) is 30.0 Å². The molecule has 22 heavy (non-hydrogen) atoms. The standard InChI is InChI=1S/C17H20N2O2S/c20-16(15-8-4-10-19-17(15)22)18-11-5-12-21-13-9-14-6-2-1-3-7-14/h1-4,6-8,10H,5,9,11-13H2,(H,18,20)(H,19,22). The number of H-pyrrole nitrogens is 1. The van der Waals surface area contributed by atoms with Crippen LogP contribution in [-0.2, 0) is 11.2 Å². The number of benzene rings is 1. The Kier molecular flexibility index (Phi) is 6.80. The van der Waals surface area contributed by atoms with Gasteiger partial charge in [-0.15, -0.1) is 0 Å². The SMILES string of the molecule is O=C(NCCCOCCc1ccccc1)c1ccc[nH]c1=S. The van der Waals surface area contributed by atoms with Gasteiger partial charge in [0.25, 0.3) is 5.91 Å². The molecule has 0 saturated carbocycles. The summed E-state index contributed by atoms with van der Waals surface area (Å²) >= 11 is 5.07. The summed E-state index contributed by atoms with van der Waals surface area (Å²) in [5.74, 6) is -0.147. The van der Waals surface area contributed by atoms with Crippen molar-refractivity contribution in [2.24, 2.45) is 0 Å². The lowest BCUT2D eigenvalue weighted by molar-refractivity contribution is 0.0941. The van der Waals surface area contributed by atoms with Crippen LogP contribution in [0.1, 0.15) is 22.3 Å². The predicted octanol–water partition coefficient (Wildman–Crippen LogP) is 3.12. The highest BCUT2D eigenvalue weighted by atomic mass is 32.1. The molecule has 2 N–H and O–H groups in total. The molecule has 0 bridgehead atoms. The largest absolute Gasteiger partial charge is 0.381 e. The highest BCUT2D eigenvalue weighted by Gasteiger charge is 2.05. The van der Waals surface area contributed by atoms with Crippen LogP contribution < -0.4 is 5.32 Å². The van der Waals surface area contributed by atoms with Crippen LogP contribution >= 0.6 is 12.2 Å². The Morgan fingerprint density at radius 2 is 1.95 bits per heavy atom. The van der Waals surface area contributed by atoms with Gasteiger partial charge in [0.1, 0.15) is 4.64 Å². The van der Waals surface area contributed by atoms with E-state index in [9.17, 15) is 4.79 Å². The maximum atomic E-state index is 11.9. The minimum Gasteiger partial charge on any atom is -0.381 e. The summed E-state index contributed by atoms with van der Waals surface area (Å²) in [6.07, 6.45) is 3.40. The molecular weight excluding hydrogens is 296 g/mol. The number of hydrogen-bond donors (Lipinski definition) is 2. The summed E-state index contributed by atoms with van der Waals surface area (Å²) in [5.41, 5.74) is 1.77. The lowest BCUT2D eigenvalue weighted by Crippen LogP contribution is -2.25. The van der Waals surface area contributed by atoms with E-state index < -0.39 is 0 Å². The predicted molar refractivity (Wildman–Crippen MR) is 89.5 cm³/mol. The van der Waals surface area contributed by atoms with Crippen LogP contribution in [0.25, 0.3) is 0 Å². The second-order valence-corrected chi connectivity index (χ2v) is 5.28. The van der Waals surface area contributed by atoms with Crippen LogP contribution in [0.2, 0.25) is 0 Å². The Bertz CT molecular complexity index is 640. The summed E-state index contributed by atoms with van der Waals surface area (Å²) in [4.78, 5) is 14.7. The molecule has 0 fully saturated rings. The van der Waals surface area contributed by atoms with E-state index in [1.807, 2.05) is 18.2 Å². The molecule has 1 aromatic carbocycles. The summed E-state index contributed by atoms with van der Waals surface area (Å²) in [7, 11) is 0. The minimum absolute atomic E-state index is 0.147. The van der Waals surface area contributed by atoms with Gasteiger partial charge in [-0.25, -0.2) is 0 Å². The van der Waals surface area contributed by atoms with Gasteiger partial charge in [0, 0.05) is 19.3 Å². The van der Waals surface area contributed by atoms with Crippen LogP contribution in [0.15, 0.2) is 48.7 Å². The van der Waals surface area contributed by atoms with E-state index in [1.54, 1.807) is 18.3 Å². The Labute approximate surface area is 135 Å². The number of pyridine rings is 1. The van der Waals surface area contributed by atoms with Crippen LogP contribution in [0.5, 0.6) is 0 Å². The van der Waals surface area contributed by atoms with Crippen molar-refractivity contribution < 1.29 is 9.53 Å². The molecule has 1 amide bonds. The van der Waals surface area contributed by atoms with Gasteiger partial charge in [-0.1, -0.05) is 42.5 Å². The molecule has 2 rings (SSSR count). The first-order chi connectivity index (χ1) is 10.8. The third-order valence-corrected chi connectivity index (χ3v) is 3.53. The molecule has 0 saturated heterocycles. The van der Waals surface area contributed by atoms with E-state index in [4.69, 9.17) is 17.0 Å². The van der Waals surface area contributed by atoms with E-state index in [2.05, 4.69) is 22.4 Å². The molecule has 4 nitrogen and oxygen atoms in total. The van der Waals surface area contributed by atoms with Gasteiger partial charge in [-0.2, -0.15) is 0 Å². The Hall–Kier alpha value is -1.98. The first-order valence-corrected chi connectivity index (χ1v) is 7.76. The highest BCUT2D eigenvalue weighted by molar-refractivity contribution is 7.71. The number of carbonyl (C=O) groups excluding carboxylic acids is 1. The second-order valence-electron chi connectivity index (χ2n) is 4.87. The molecule has 0 aliphatic carbocycles. The van der Waals surface area contributed by atoms with E-state index in [1.165, 1.54) is 5.56 Å². The molecule has 5 heteroatoms. The van der Waals surface area contributed by atoms with Crippen LogP contribution in [0.4, 0.5) is 0 Å². The highest BCUT2D eigenvalue weighted by Crippen LogP contribution is 2.00. The fraction of sp³-hybridized carbons (Fsp3) is 0.294. The fourth-order valence-corrected chi connectivity index (χ4v) is 2.24. The average molecular weight is 316 g/mol. The van der Waals surface area contributed by atoms with Crippen molar-refractivity contribution >= 4 is 18.1 Å². The van der Waals surface area contributed by atoms with Crippen molar-refractivity contribution in [3.05, 3.63) is 64.4 Å². The maximum absolute atomic E-state index is 11.9. The molecular formula is C17H20N2O2S. The summed E-state index contributed by atoms with van der Waals surface area (Å²) in [6.45, 7) is 1.91. The number of aromatic amines is 1. The number of hydrogen-bond acceptors (Lipinski definition) is 3. The molecule has 0 radical (unpaired) electrons. The Morgan fingerprint density at radius 1 is 1.14 bits per heavy atom. The maximum Gasteiger partial charge on any atom is 0.254 e. The van der Waals surface area contributed by atoms with Gasteiger partial charge in [0.05, 0.1) is 12.2 Å². The molecule has 2 aromatic rings. The number of ether oxygens (including phenoxy) is 1. The van der Waals surface area contributed by atoms with Crippen molar-refractivity contribution in [3.8, 4) is 0 Å².